The molecule has 0 aliphatic heterocycles. The highest BCUT2D eigenvalue weighted by Crippen LogP contribution is 1.95. The lowest BCUT2D eigenvalue weighted by atomic mass is 10.3. The maximum Gasteiger partial charge on any atom is 0.158 e. The Labute approximate surface area is 65.1 Å². The minimum absolute atomic E-state index is 0. The highest BCUT2D eigenvalue weighted by Gasteiger charge is 1.92. The largest absolute Gasteiger partial charge is 0.289 e. The molecule has 0 heterocycles. The van der Waals surface area contributed by atoms with Gasteiger partial charge < -0.3 is 0 Å². The van der Waals surface area contributed by atoms with Crippen molar-refractivity contribution in [2.24, 2.45) is 0 Å². The minimum Gasteiger partial charge on any atom is -0.289 e. The van der Waals surface area contributed by atoms with E-state index in [4.69, 9.17) is 23.2 Å². The molecule has 0 spiro atoms. The van der Waals surface area contributed by atoms with Crippen LogP contribution in [0.5, 0.6) is 0 Å². The summed E-state index contributed by atoms with van der Waals surface area (Å²) in [5, 5.41) is 2.88. The number of hydrogen-bond acceptors (Lipinski definition) is 1. The second kappa shape index (κ2) is 8.47. The summed E-state index contributed by atoms with van der Waals surface area (Å²) in [5.74, 6) is 0. The van der Waals surface area contributed by atoms with Crippen molar-refractivity contribution in [3.8, 4) is 0 Å². The summed E-state index contributed by atoms with van der Waals surface area (Å²) in [4.78, 5) is -0.401. The zero-order valence-corrected chi connectivity index (χ0v) is 6.87. The molecule has 0 radical (unpaired) electrons. The Morgan fingerprint density at radius 3 is 2.33 bits per heavy atom. The van der Waals surface area contributed by atoms with Crippen molar-refractivity contribution in [2.45, 2.75) is 24.7 Å². The molecule has 0 amide bonds. The summed E-state index contributed by atoms with van der Waals surface area (Å²) in [7, 11) is 0. The van der Waals surface area contributed by atoms with Crippen LogP contribution >= 0.6 is 23.2 Å². The molecule has 0 bridgehead atoms. The van der Waals surface area contributed by atoms with Gasteiger partial charge in [-0.1, -0.05) is 36.5 Å². The summed E-state index contributed by atoms with van der Waals surface area (Å²) < 4.78 is 0. The van der Waals surface area contributed by atoms with E-state index in [1.54, 1.807) is 0 Å². The second-order valence-electron chi connectivity index (χ2n) is 1.61. The Morgan fingerprint density at radius 1 is 1.44 bits per heavy atom. The Morgan fingerprint density at radius 2 is 2.00 bits per heavy atom. The van der Waals surface area contributed by atoms with Crippen LogP contribution in [-0.4, -0.2) is 11.5 Å². The Bertz CT molecular complexity index is 52.2. The standard InChI is InChI=1S/C5H11Cl2N.FH/c1-2-3-4-8-5(6)7;/h5,8H,2-4H2,1H3;1H. The summed E-state index contributed by atoms with van der Waals surface area (Å²) in [6, 6.07) is 0. The first kappa shape index (κ1) is 12.2. The lowest BCUT2D eigenvalue weighted by Gasteiger charge is -2.00. The van der Waals surface area contributed by atoms with Crippen LogP contribution in [0.25, 0.3) is 0 Å². The van der Waals surface area contributed by atoms with E-state index in [0.29, 0.717) is 0 Å². The second-order valence-corrected chi connectivity index (χ2v) is 2.70. The van der Waals surface area contributed by atoms with Crippen LogP contribution in [0.2, 0.25) is 0 Å². The Kier molecular flexibility index (Phi) is 11.5. The average Bonchev–Trinajstić information content (AvgIpc) is 1.66. The van der Waals surface area contributed by atoms with Gasteiger partial charge >= 0.3 is 0 Å². The number of halogens is 3. The predicted molar refractivity (Wildman–Crippen MR) is 40.9 cm³/mol. The number of nitrogens with one attached hydrogen (secondary N) is 1. The molecule has 0 unspecified atom stereocenters. The van der Waals surface area contributed by atoms with E-state index in [2.05, 4.69) is 12.2 Å². The highest BCUT2D eigenvalue weighted by molar-refractivity contribution is 6.43. The molecular formula is C5H12Cl2FN. The molecule has 0 saturated carbocycles. The van der Waals surface area contributed by atoms with Gasteiger partial charge in [0.2, 0.25) is 0 Å². The zero-order valence-electron chi connectivity index (χ0n) is 5.36. The maximum absolute atomic E-state index is 5.37. The number of rotatable bonds is 4. The maximum atomic E-state index is 5.37. The van der Waals surface area contributed by atoms with Crippen LogP contribution in [0.1, 0.15) is 19.8 Å². The molecule has 0 saturated heterocycles. The van der Waals surface area contributed by atoms with E-state index >= 15 is 0 Å². The highest BCUT2D eigenvalue weighted by atomic mass is 35.5. The Balaban J connectivity index is 0. The fraction of sp³-hybridized carbons (Fsp3) is 1.00. The third-order valence-electron chi connectivity index (χ3n) is 0.829. The van der Waals surface area contributed by atoms with E-state index < -0.39 is 4.96 Å². The monoisotopic (exact) mass is 175 g/mol. The number of hydrogen-bond donors (Lipinski definition) is 1. The molecule has 9 heavy (non-hydrogen) atoms. The zero-order chi connectivity index (χ0) is 6.41. The van der Waals surface area contributed by atoms with Crippen molar-refractivity contribution in [1.82, 2.24) is 5.32 Å². The van der Waals surface area contributed by atoms with Crippen molar-refractivity contribution in [3.63, 3.8) is 0 Å². The van der Waals surface area contributed by atoms with Gasteiger partial charge in [0.25, 0.3) is 0 Å². The molecule has 0 aliphatic rings. The van der Waals surface area contributed by atoms with Gasteiger partial charge in [-0.15, -0.1) is 0 Å². The fourth-order valence-electron chi connectivity index (χ4n) is 0.388. The molecule has 4 heteroatoms. The van der Waals surface area contributed by atoms with E-state index in [-0.39, 0.29) is 4.70 Å². The molecule has 58 valence electrons. The normalized spacial score (nSPS) is 9.33. The summed E-state index contributed by atoms with van der Waals surface area (Å²) in [5.41, 5.74) is 0. The average molecular weight is 176 g/mol. The quantitative estimate of drug-likeness (QED) is 0.393. The van der Waals surface area contributed by atoms with Crippen molar-refractivity contribution < 1.29 is 4.70 Å². The van der Waals surface area contributed by atoms with Crippen LogP contribution in [0.3, 0.4) is 0 Å². The molecule has 0 aromatic heterocycles. The predicted octanol–water partition coefficient (Wildman–Crippen LogP) is 2.29. The summed E-state index contributed by atoms with van der Waals surface area (Å²) in [6.07, 6.45) is 2.31. The van der Waals surface area contributed by atoms with Gasteiger partial charge in [-0.05, 0) is 13.0 Å². The first-order chi connectivity index (χ1) is 3.77. The van der Waals surface area contributed by atoms with Gasteiger partial charge in [0.1, 0.15) is 0 Å². The van der Waals surface area contributed by atoms with Crippen molar-refractivity contribution in [2.75, 3.05) is 6.54 Å². The molecule has 0 atom stereocenters. The lowest BCUT2D eigenvalue weighted by Crippen LogP contribution is -2.19. The van der Waals surface area contributed by atoms with Crippen LogP contribution in [0, 0.1) is 0 Å². The molecule has 0 aliphatic carbocycles. The van der Waals surface area contributed by atoms with Crippen LogP contribution in [0.15, 0.2) is 0 Å². The number of alkyl halides is 2. The van der Waals surface area contributed by atoms with Gasteiger partial charge in [-0.3, -0.25) is 10.0 Å². The molecular weight excluding hydrogens is 164 g/mol. The van der Waals surface area contributed by atoms with E-state index in [1.165, 1.54) is 6.42 Å². The van der Waals surface area contributed by atoms with Crippen LogP contribution in [-0.2, 0) is 0 Å². The third kappa shape index (κ3) is 11.8. The minimum atomic E-state index is -0.401. The SMILES string of the molecule is CCCCNC(Cl)Cl.F. The van der Waals surface area contributed by atoms with Gasteiger partial charge in [-0.25, -0.2) is 0 Å². The van der Waals surface area contributed by atoms with Crippen LogP contribution in [0.4, 0.5) is 4.70 Å². The molecule has 1 N–H and O–H groups in total. The summed E-state index contributed by atoms with van der Waals surface area (Å²) in [6.45, 7) is 3.04. The number of unbranched alkanes of at least 4 members (excludes halogenated alkanes) is 1. The van der Waals surface area contributed by atoms with E-state index in [0.717, 1.165) is 13.0 Å². The van der Waals surface area contributed by atoms with Gasteiger partial charge in [0.05, 0.1) is 0 Å². The van der Waals surface area contributed by atoms with Gasteiger partial charge in [-0.2, -0.15) is 0 Å². The molecule has 0 aromatic carbocycles. The smallest absolute Gasteiger partial charge is 0.158 e. The molecule has 0 fully saturated rings. The van der Waals surface area contributed by atoms with Crippen LogP contribution < -0.4 is 5.32 Å². The van der Waals surface area contributed by atoms with Crippen molar-refractivity contribution >= 4 is 23.2 Å². The fourth-order valence-corrected chi connectivity index (χ4v) is 0.606. The van der Waals surface area contributed by atoms with Gasteiger partial charge in [0.15, 0.2) is 4.96 Å². The van der Waals surface area contributed by atoms with Crippen molar-refractivity contribution in [3.05, 3.63) is 0 Å². The Hall–Kier alpha value is 0.470. The van der Waals surface area contributed by atoms with Gasteiger partial charge in [0, 0.05) is 0 Å². The topological polar surface area (TPSA) is 12.0 Å². The van der Waals surface area contributed by atoms with E-state index in [1.807, 2.05) is 0 Å². The third-order valence-corrected chi connectivity index (χ3v) is 1.14. The molecule has 0 aromatic rings. The van der Waals surface area contributed by atoms with Crippen molar-refractivity contribution in [1.29, 1.82) is 0 Å². The summed E-state index contributed by atoms with van der Waals surface area (Å²) >= 11 is 10.7. The first-order valence-electron chi connectivity index (χ1n) is 2.79. The molecule has 0 rings (SSSR count). The lowest BCUT2D eigenvalue weighted by molar-refractivity contribution is 0.678. The van der Waals surface area contributed by atoms with E-state index in [9.17, 15) is 0 Å². The first-order valence-corrected chi connectivity index (χ1v) is 3.66. The molecule has 1 nitrogen and oxygen atoms in total.